The number of amides is 1. The molecule has 0 saturated heterocycles. The highest BCUT2D eigenvalue weighted by Crippen LogP contribution is 2.14. The molecule has 0 radical (unpaired) electrons. The first-order valence-electron chi connectivity index (χ1n) is 5.04. The average molecular weight is 236 g/mol. The monoisotopic (exact) mass is 236 g/mol. The van der Waals surface area contributed by atoms with Crippen LogP contribution in [-0.2, 0) is 6.42 Å². The number of carbonyl (C=O) groups is 1. The van der Waals surface area contributed by atoms with Crippen LogP contribution in [0, 0.1) is 0 Å². The van der Waals surface area contributed by atoms with Crippen molar-refractivity contribution in [2.75, 3.05) is 6.61 Å². The number of carbonyl (C=O) groups excluding carboxylic acids is 1. The Morgan fingerprint density at radius 3 is 3.00 bits per heavy atom. The third kappa shape index (κ3) is 2.10. The van der Waals surface area contributed by atoms with Crippen LogP contribution in [0.15, 0.2) is 18.5 Å². The molecule has 2 aromatic rings. The van der Waals surface area contributed by atoms with Gasteiger partial charge in [0.05, 0.1) is 18.4 Å². The van der Waals surface area contributed by atoms with Crippen LogP contribution in [0.4, 0.5) is 0 Å². The molecule has 17 heavy (non-hydrogen) atoms. The van der Waals surface area contributed by atoms with Crippen molar-refractivity contribution >= 4 is 11.6 Å². The number of hydrogen-bond donors (Lipinski definition) is 3. The minimum atomic E-state index is -0.974. The smallest absolute Gasteiger partial charge is 0.254 e. The second-order valence-electron chi connectivity index (χ2n) is 3.61. The molecule has 7 nitrogen and oxygen atoms in total. The van der Waals surface area contributed by atoms with Crippen molar-refractivity contribution in [1.29, 1.82) is 0 Å². The van der Waals surface area contributed by atoms with E-state index in [9.17, 15) is 9.90 Å². The van der Waals surface area contributed by atoms with E-state index in [1.54, 1.807) is 12.3 Å². The summed E-state index contributed by atoms with van der Waals surface area (Å²) in [4.78, 5) is 15.4. The zero-order valence-corrected chi connectivity index (χ0v) is 8.95. The zero-order valence-electron chi connectivity index (χ0n) is 8.95. The number of aliphatic hydroxyl groups excluding tert-OH is 2. The van der Waals surface area contributed by atoms with Gasteiger partial charge in [0.15, 0.2) is 5.65 Å². The number of fused-ring (bicyclic) bond motifs is 1. The second-order valence-corrected chi connectivity index (χ2v) is 3.61. The van der Waals surface area contributed by atoms with E-state index in [1.807, 2.05) is 0 Å². The molecule has 0 bridgehead atoms. The van der Waals surface area contributed by atoms with Gasteiger partial charge in [0, 0.05) is 18.8 Å². The number of nitrogens with two attached hydrogens (primary N) is 1. The molecule has 2 rings (SSSR count). The van der Waals surface area contributed by atoms with Crippen LogP contribution in [-0.4, -0.2) is 43.4 Å². The highest BCUT2D eigenvalue weighted by atomic mass is 16.3. The van der Waals surface area contributed by atoms with Gasteiger partial charge in [-0.2, -0.15) is 5.10 Å². The van der Waals surface area contributed by atoms with E-state index in [0.29, 0.717) is 11.3 Å². The molecule has 90 valence electrons. The van der Waals surface area contributed by atoms with Crippen LogP contribution in [0.3, 0.4) is 0 Å². The van der Waals surface area contributed by atoms with Gasteiger partial charge in [-0.05, 0) is 6.07 Å². The molecule has 0 aliphatic rings. The number of aliphatic hydroxyl groups is 2. The lowest BCUT2D eigenvalue weighted by atomic mass is 10.1. The number of rotatable bonds is 4. The van der Waals surface area contributed by atoms with Gasteiger partial charge in [-0.25, -0.2) is 9.50 Å². The molecule has 2 heterocycles. The molecule has 0 saturated carbocycles. The van der Waals surface area contributed by atoms with Gasteiger partial charge in [0.1, 0.15) is 5.56 Å². The summed E-state index contributed by atoms with van der Waals surface area (Å²) in [7, 11) is 0. The van der Waals surface area contributed by atoms with Crippen molar-refractivity contribution in [1.82, 2.24) is 14.6 Å². The Balaban J connectivity index is 2.54. The van der Waals surface area contributed by atoms with Crippen molar-refractivity contribution in [3.05, 3.63) is 29.7 Å². The summed E-state index contributed by atoms with van der Waals surface area (Å²) in [6, 6.07) is 1.66. The van der Waals surface area contributed by atoms with E-state index in [2.05, 4.69) is 10.1 Å². The van der Waals surface area contributed by atoms with E-state index in [4.69, 9.17) is 10.8 Å². The van der Waals surface area contributed by atoms with E-state index in [0.717, 1.165) is 0 Å². The number of nitrogens with zero attached hydrogens (tertiary/aromatic N) is 3. The fraction of sp³-hybridized carbons (Fsp3) is 0.300. The lowest BCUT2D eigenvalue weighted by molar-refractivity contribution is 0.0934. The van der Waals surface area contributed by atoms with Crippen LogP contribution in [0.2, 0.25) is 0 Å². The summed E-state index contributed by atoms with van der Waals surface area (Å²) >= 11 is 0. The maximum atomic E-state index is 11.4. The zero-order chi connectivity index (χ0) is 12.4. The van der Waals surface area contributed by atoms with Gasteiger partial charge >= 0.3 is 0 Å². The summed E-state index contributed by atoms with van der Waals surface area (Å²) in [5.41, 5.74) is 6.12. The molecule has 0 aromatic carbocycles. The van der Waals surface area contributed by atoms with Gasteiger partial charge in [0.2, 0.25) is 0 Å². The summed E-state index contributed by atoms with van der Waals surface area (Å²) in [6.45, 7) is -0.403. The highest BCUT2D eigenvalue weighted by Gasteiger charge is 2.20. The normalized spacial score (nSPS) is 12.8. The largest absolute Gasteiger partial charge is 0.394 e. The Bertz CT molecular complexity index is 551. The first-order valence-corrected chi connectivity index (χ1v) is 5.04. The predicted molar refractivity (Wildman–Crippen MR) is 58.3 cm³/mol. The molecule has 4 N–H and O–H groups in total. The molecular weight excluding hydrogens is 224 g/mol. The van der Waals surface area contributed by atoms with Crippen LogP contribution >= 0.6 is 0 Å². The fourth-order valence-corrected chi connectivity index (χ4v) is 1.62. The van der Waals surface area contributed by atoms with Gasteiger partial charge in [-0.15, -0.1) is 0 Å². The van der Waals surface area contributed by atoms with E-state index < -0.39 is 18.6 Å². The average Bonchev–Trinajstić information content (AvgIpc) is 2.66. The van der Waals surface area contributed by atoms with Crippen LogP contribution in [0.25, 0.3) is 5.65 Å². The van der Waals surface area contributed by atoms with Gasteiger partial charge in [-0.1, -0.05) is 0 Å². The molecule has 0 unspecified atom stereocenters. The number of hydrogen-bond acceptors (Lipinski definition) is 5. The molecule has 0 aliphatic carbocycles. The molecule has 7 heteroatoms. The Kier molecular flexibility index (Phi) is 3.03. The number of aromatic nitrogens is 3. The van der Waals surface area contributed by atoms with Crippen LogP contribution < -0.4 is 5.73 Å². The minimum absolute atomic E-state index is 0.0537. The molecule has 1 atom stereocenters. The summed E-state index contributed by atoms with van der Waals surface area (Å²) < 4.78 is 1.42. The Morgan fingerprint density at radius 1 is 1.59 bits per heavy atom. The maximum absolute atomic E-state index is 11.4. The third-order valence-corrected chi connectivity index (χ3v) is 2.35. The second kappa shape index (κ2) is 4.48. The summed E-state index contributed by atoms with van der Waals surface area (Å²) in [5, 5.41) is 22.3. The van der Waals surface area contributed by atoms with Crippen LogP contribution in [0.1, 0.15) is 16.1 Å². The Hall–Kier alpha value is -1.99. The molecule has 0 fully saturated rings. The third-order valence-electron chi connectivity index (χ3n) is 2.35. The Labute approximate surface area is 96.5 Å². The molecule has 2 aromatic heterocycles. The van der Waals surface area contributed by atoms with E-state index in [1.165, 1.54) is 10.7 Å². The van der Waals surface area contributed by atoms with Gasteiger partial charge < -0.3 is 15.9 Å². The molecule has 0 spiro atoms. The highest BCUT2D eigenvalue weighted by molar-refractivity contribution is 5.99. The quantitative estimate of drug-likeness (QED) is 0.612. The van der Waals surface area contributed by atoms with Crippen LogP contribution in [0.5, 0.6) is 0 Å². The van der Waals surface area contributed by atoms with Crippen molar-refractivity contribution in [3.63, 3.8) is 0 Å². The SMILES string of the molecule is NC(=O)c1c(C[C@@H](O)CO)nn2cccnc12. The van der Waals surface area contributed by atoms with Gasteiger partial charge in [0.25, 0.3) is 5.91 Å². The van der Waals surface area contributed by atoms with E-state index in [-0.39, 0.29) is 12.0 Å². The van der Waals surface area contributed by atoms with Crippen molar-refractivity contribution in [3.8, 4) is 0 Å². The lowest BCUT2D eigenvalue weighted by Gasteiger charge is -2.04. The topological polar surface area (TPSA) is 114 Å². The lowest BCUT2D eigenvalue weighted by Crippen LogP contribution is -2.19. The van der Waals surface area contributed by atoms with Gasteiger partial charge in [-0.3, -0.25) is 4.79 Å². The first-order chi connectivity index (χ1) is 8.13. The Morgan fingerprint density at radius 2 is 2.35 bits per heavy atom. The standard InChI is InChI=1S/C10H12N4O3/c11-9(17)8-7(4-6(16)5-15)13-14-3-1-2-12-10(8)14/h1-3,6,15-16H,4-5H2,(H2,11,17)/t6-/m1/s1. The summed E-state index contributed by atoms with van der Waals surface area (Å²) in [5.74, 6) is -0.654. The number of primary amides is 1. The summed E-state index contributed by atoms with van der Waals surface area (Å²) in [6.07, 6.45) is 2.23. The van der Waals surface area contributed by atoms with Crippen molar-refractivity contribution < 1.29 is 15.0 Å². The molecule has 1 amide bonds. The van der Waals surface area contributed by atoms with Crippen molar-refractivity contribution in [2.45, 2.75) is 12.5 Å². The fourth-order valence-electron chi connectivity index (χ4n) is 1.62. The minimum Gasteiger partial charge on any atom is -0.394 e. The van der Waals surface area contributed by atoms with Crippen molar-refractivity contribution in [2.24, 2.45) is 5.73 Å². The molecule has 0 aliphatic heterocycles. The molecular formula is C10H12N4O3. The first kappa shape index (κ1) is 11.5. The van der Waals surface area contributed by atoms with E-state index >= 15 is 0 Å². The maximum Gasteiger partial charge on any atom is 0.254 e. The predicted octanol–water partition coefficient (Wildman–Crippen LogP) is -1.28.